The van der Waals surface area contributed by atoms with E-state index in [-0.39, 0.29) is 22.8 Å². The lowest BCUT2D eigenvalue weighted by atomic mass is 9.62. The number of hydrogen-bond acceptors (Lipinski definition) is 3. The molecule has 2 aliphatic rings. The average Bonchev–Trinajstić information content (AvgIpc) is 3.73. The first kappa shape index (κ1) is 31.4. The molecule has 1 aliphatic carbocycles. The highest BCUT2D eigenvalue weighted by Crippen LogP contribution is 2.46. The van der Waals surface area contributed by atoms with Crippen LogP contribution >= 0.6 is 0 Å². The number of benzene rings is 4. The van der Waals surface area contributed by atoms with Crippen molar-refractivity contribution in [2.75, 3.05) is 13.1 Å². The summed E-state index contributed by atoms with van der Waals surface area (Å²) >= 11 is 0. The second-order valence-corrected chi connectivity index (χ2v) is 15.3. The summed E-state index contributed by atoms with van der Waals surface area (Å²) in [5.74, 6) is 1.24. The van der Waals surface area contributed by atoms with Gasteiger partial charge in [-0.3, -0.25) is 9.69 Å². The number of nitrogens with zero attached hydrogens (tertiary/aromatic N) is 2. The number of amides is 1. The number of rotatable bonds is 8. The van der Waals surface area contributed by atoms with E-state index in [0.29, 0.717) is 18.7 Å². The highest BCUT2D eigenvalue weighted by molar-refractivity contribution is 5.92. The minimum absolute atomic E-state index is 0.0270. The van der Waals surface area contributed by atoms with E-state index < -0.39 is 0 Å². The molecule has 1 fully saturated rings. The minimum Gasteiger partial charge on any atom is -0.456 e. The van der Waals surface area contributed by atoms with Crippen LogP contribution < -0.4 is 0 Å². The summed E-state index contributed by atoms with van der Waals surface area (Å²) in [6.45, 7) is 15.0. The monoisotopic (exact) mass is 624 g/mol. The van der Waals surface area contributed by atoms with Gasteiger partial charge < -0.3 is 9.32 Å². The summed E-state index contributed by atoms with van der Waals surface area (Å²) in [6.07, 6.45) is 4.01. The Morgan fingerprint density at radius 1 is 0.830 bits per heavy atom. The second-order valence-electron chi connectivity index (χ2n) is 15.3. The average molecular weight is 625 g/mol. The lowest BCUT2D eigenvalue weighted by molar-refractivity contribution is 0.0631. The minimum atomic E-state index is -0.0270. The summed E-state index contributed by atoms with van der Waals surface area (Å²) in [5.41, 5.74) is 8.31. The molecule has 0 spiro atoms. The molecule has 1 saturated heterocycles. The molecule has 0 bridgehead atoms. The number of carbonyl (C=O) groups is 1. The zero-order valence-corrected chi connectivity index (χ0v) is 28.7. The zero-order valence-electron chi connectivity index (χ0n) is 28.7. The van der Waals surface area contributed by atoms with Crippen molar-refractivity contribution in [1.82, 2.24) is 9.80 Å². The molecule has 4 nitrogen and oxygen atoms in total. The van der Waals surface area contributed by atoms with Crippen LogP contribution in [0.25, 0.3) is 10.8 Å². The van der Waals surface area contributed by atoms with E-state index in [0.717, 1.165) is 31.8 Å². The van der Waals surface area contributed by atoms with Crippen molar-refractivity contribution < 1.29 is 9.21 Å². The topological polar surface area (TPSA) is 36.7 Å². The highest BCUT2D eigenvalue weighted by atomic mass is 16.4. The predicted octanol–water partition coefficient (Wildman–Crippen LogP) is 9.60. The molecule has 4 heteroatoms. The SMILES string of the molecule is Cc1cc2c(cc1Cc1ccc(C(=O)N(Cc3cccc4ccccc34)C3CCN(Cc4ccccc4)C3)o1)C(C)(C)CCC2(C)C. The Hall–Kier alpha value is -4.15. The lowest BCUT2D eigenvalue weighted by Crippen LogP contribution is -2.41. The summed E-state index contributed by atoms with van der Waals surface area (Å²) in [5, 5.41) is 2.39. The third kappa shape index (κ3) is 6.41. The number of aryl methyl sites for hydroxylation is 1. The van der Waals surface area contributed by atoms with E-state index in [1.54, 1.807) is 0 Å². The molecule has 1 atom stereocenters. The fourth-order valence-electron chi connectivity index (χ4n) is 7.91. The van der Waals surface area contributed by atoms with Crippen molar-refractivity contribution in [3.8, 4) is 0 Å². The Morgan fingerprint density at radius 2 is 1.53 bits per heavy atom. The quantitative estimate of drug-likeness (QED) is 0.173. The van der Waals surface area contributed by atoms with Crippen molar-refractivity contribution in [2.24, 2.45) is 0 Å². The molecule has 47 heavy (non-hydrogen) atoms. The zero-order chi connectivity index (χ0) is 32.8. The molecule has 7 rings (SSSR count). The van der Waals surface area contributed by atoms with E-state index in [9.17, 15) is 4.79 Å². The van der Waals surface area contributed by atoms with E-state index in [1.807, 2.05) is 12.1 Å². The van der Waals surface area contributed by atoms with Gasteiger partial charge in [-0.2, -0.15) is 0 Å². The molecule has 1 aromatic heterocycles. The maximum atomic E-state index is 14.4. The van der Waals surface area contributed by atoms with Crippen LogP contribution in [0.5, 0.6) is 0 Å². The Bertz CT molecular complexity index is 1890. The van der Waals surface area contributed by atoms with E-state index >= 15 is 0 Å². The highest BCUT2D eigenvalue weighted by Gasteiger charge is 2.38. The van der Waals surface area contributed by atoms with Crippen molar-refractivity contribution in [2.45, 2.75) is 90.3 Å². The van der Waals surface area contributed by atoms with Gasteiger partial charge in [0, 0.05) is 38.6 Å². The Kier molecular flexibility index (Phi) is 8.34. The second kappa shape index (κ2) is 12.5. The van der Waals surface area contributed by atoms with Crippen molar-refractivity contribution in [1.29, 1.82) is 0 Å². The summed E-state index contributed by atoms with van der Waals surface area (Å²) < 4.78 is 6.42. The number of hydrogen-bond donors (Lipinski definition) is 0. The van der Waals surface area contributed by atoms with Crippen LogP contribution in [-0.4, -0.2) is 34.8 Å². The van der Waals surface area contributed by atoms with Crippen LogP contribution in [0.15, 0.2) is 101 Å². The number of fused-ring (bicyclic) bond motifs is 2. The van der Waals surface area contributed by atoms with Gasteiger partial charge in [0.15, 0.2) is 5.76 Å². The normalized spacial score (nSPS) is 18.7. The van der Waals surface area contributed by atoms with Crippen LogP contribution in [0.1, 0.15) is 96.7 Å². The molecule has 0 N–H and O–H groups in total. The molecule has 1 unspecified atom stereocenters. The smallest absolute Gasteiger partial charge is 0.290 e. The van der Waals surface area contributed by atoms with Crippen LogP contribution in [-0.2, 0) is 30.3 Å². The molecular weight excluding hydrogens is 576 g/mol. The van der Waals surface area contributed by atoms with E-state index in [2.05, 4.69) is 129 Å². The maximum Gasteiger partial charge on any atom is 0.290 e. The Labute approximate surface area is 280 Å². The molecule has 0 saturated carbocycles. The van der Waals surface area contributed by atoms with E-state index in [4.69, 9.17) is 4.42 Å². The molecule has 242 valence electrons. The van der Waals surface area contributed by atoms with Gasteiger partial charge in [-0.1, -0.05) is 113 Å². The van der Waals surface area contributed by atoms with Crippen LogP contribution in [0.3, 0.4) is 0 Å². The van der Waals surface area contributed by atoms with Gasteiger partial charge in [0.2, 0.25) is 0 Å². The number of likely N-dealkylation sites (tertiary alicyclic amines) is 1. The number of carbonyl (C=O) groups excluding carboxylic acids is 1. The van der Waals surface area contributed by atoms with Gasteiger partial charge >= 0.3 is 0 Å². The molecule has 2 heterocycles. The first-order valence-corrected chi connectivity index (χ1v) is 17.3. The van der Waals surface area contributed by atoms with Gasteiger partial charge in [-0.05, 0) is 93.3 Å². The van der Waals surface area contributed by atoms with Gasteiger partial charge in [-0.25, -0.2) is 0 Å². The number of furan rings is 1. The largest absolute Gasteiger partial charge is 0.456 e. The van der Waals surface area contributed by atoms with Gasteiger partial charge in [0.05, 0.1) is 0 Å². The molecule has 5 aromatic rings. The Balaban J connectivity index is 1.16. The predicted molar refractivity (Wildman–Crippen MR) is 192 cm³/mol. The maximum absolute atomic E-state index is 14.4. The molecule has 4 aromatic carbocycles. The molecule has 1 aliphatic heterocycles. The molecular formula is C43H48N2O2. The van der Waals surface area contributed by atoms with E-state index in [1.165, 1.54) is 57.0 Å². The third-order valence-electron chi connectivity index (χ3n) is 11.0. The molecule has 0 radical (unpaired) electrons. The van der Waals surface area contributed by atoms with Crippen molar-refractivity contribution >= 4 is 16.7 Å². The van der Waals surface area contributed by atoms with Gasteiger partial charge in [0.25, 0.3) is 5.91 Å². The molecule has 1 amide bonds. The summed E-state index contributed by atoms with van der Waals surface area (Å²) in [7, 11) is 0. The third-order valence-corrected chi connectivity index (χ3v) is 11.0. The van der Waals surface area contributed by atoms with Crippen molar-refractivity contribution in [3.63, 3.8) is 0 Å². The standard InChI is InChI=1S/C43H48N2O2/c1-30-24-38-39(43(4,5)22-21-42(38,2)3)26-34(30)25-36-18-19-40(47-36)41(46)45(28-33-16-11-15-32-14-9-10-17-37(32)33)35-20-23-44(29-35)27-31-12-7-6-8-13-31/h6-19,24,26,35H,20-23,25,27-29H2,1-5H3. The summed E-state index contributed by atoms with van der Waals surface area (Å²) in [4.78, 5) is 19.0. The fourth-order valence-corrected chi connectivity index (χ4v) is 7.91. The fraction of sp³-hybridized carbons (Fsp3) is 0.372. The van der Waals surface area contributed by atoms with Gasteiger partial charge in [-0.15, -0.1) is 0 Å². The summed E-state index contributed by atoms with van der Waals surface area (Å²) in [6, 6.07) is 34.3. The lowest BCUT2D eigenvalue weighted by Gasteiger charge is -2.42. The first-order chi connectivity index (χ1) is 22.6. The van der Waals surface area contributed by atoms with Crippen LogP contribution in [0.4, 0.5) is 0 Å². The first-order valence-electron chi connectivity index (χ1n) is 17.3. The van der Waals surface area contributed by atoms with Crippen molar-refractivity contribution in [3.05, 3.63) is 142 Å². The van der Waals surface area contributed by atoms with Crippen LogP contribution in [0.2, 0.25) is 0 Å². The van der Waals surface area contributed by atoms with Gasteiger partial charge in [0.1, 0.15) is 5.76 Å². The van der Waals surface area contributed by atoms with Crippen LogP contribution in [0, 0.1) is 6.92 Å². The Morgan fingerprint density at radius 3 is 2.32 bits per heavy atom.